The average molecular weight is 417 g/mol. The number of halogens is 1. The van der Waals surface area contributed by atoms with Gasteiger partial charge in [-0.15, -0.1) is 0 Å². The van der Waals surface area contributed by atoms with Gasteiger partial charge in [0.2, 0.25) is 15.9 Å². The number of nitrogens with zero attached hydrogens (tertiary/aromatic N) is 1. The molecule has 2 fully saturated rings. The number of carbonyl (C=O) groups excluding carboxylic acids is 1. The molecule has 1 amide bonds. The first-order chi connectivity index (χ1) is 12.9. The highest BCUT2D eigenvalue weighted by Crippen LogP contribution is 2.30. The van der Waals surface area contributed by atoms with Crippen LogP contribution in [0.25, 0.3) is 0 Å². The number of rotatable bonds is 6. The molecule has 2 aliphatic heterocycles. The number of hydrogen-bond acceptors (Lipinski definition) is 5. The lowest BCUT2D eigenvalue weighted by Gasteiger charge is -2.30. The zero-order valence-corrected chi connectivity index (χ0v) is 16.9. The van der Waals surface area contributed by atoms with E-state index in [0.29, 0.717) is 38.2 Å². The van der Waals surface area contributed by atoms with Crippen LogP contribution in [-0.4, -0.2) is 58.1 Å². The van der Waals surface area contributed by atoms with Crippen LogP contribution in [0, 0.1) is 5.92 Å². The topological polar surface area (TPSA) is 84.9 Å². The molecule has 0 aliphatic carbocycles. The first kappa shape index (κ1) is 20.4. The third-order valence-corrected chi connectivity index (χ3v) is 7.30. The maximum Gasteiger partial charge on any atom is 0.243 e. The van der Waals surface area contributed by atoms with Gasteiger partial charge in [-0.25, -0.2) is 8.42 Å². The molecular formula is C18H25ClN2O5S. The summed E-state index contributed by atoms with van der Waals surface area (Å²) in [5.41, 5.74) is 0. The maximum absolute atomic E-state index is 12.8. The molecule has 1 N–H and O–H groups in total. The third-order valence-electron chi connectivity index (χ3n) is 5.11. The van der Waals surface area contributed by atoms with Crippen LogP contribution >= 0.6 is 11.6 Å². The lowest BCUT2D eigenvalue weighted by atomic mass is 9.97. The van der Waals surface area contributed by atoms with Crippen molar-refractivity contribution in [3.63, 3.8) is 0 Å². The molecule has 9 heteroatoms. The Morgan fingerprint density at radius 2 is 2.07 bits per heavy atom. The van der Waals surface area contributed by atoms with E-state index in [9.17, 15) is 13.2 Å². The molecule has 0 aromatic heterocycles. The number of ether oxygens (including phenoxy) is 2. The van der Waals surface area contributed by atoms with E-state index in [1.54, 1.807) is 6.07 Å². The summed E-state index contributed by atoms with van der Waals surface area (Å²) in [5.74, 6) is 0.240. The van der Waals surface area contributed by atoms with Crippen LogP contribution in [0.2, 0.25) is 5.02 Å². The van der Waals surface area contributed by atoms with E-state index < -0.39 is 10.0 Å². The number of sulfonamides is 1. The van der Waals surface area contributed by atoms with E-state index in [4.69, 9.17) is 21.1 Å². The Kier molecular flexibility index (Phi) is 6.62. The fraction of sp³-hybridized carbons (Fsp3) is 0.611. The minimum Gasteiger partial charge on any atom is -0.495 e. The lowest BCUT2D eigenvalue weighted by Crippen LogP contribution is -2.44. The fourth-order valence-electron chi connectivity index (χ4n) is 3.48. The van der Waals surface area contributed by atoms with Crippen molar-refractivity contribution in [3.8, 4) is 5.75 Å². The Morgan fingerprint density at radius 1 is 1.33 bits per heavy atom. The average Bonchev–Trinajstić information content (AvgIpc) is 3.19. The van der Waals surface area contributed by atoms with Gasteiger partial charge in [0.05, 0.1) is 23.1 Å². The van der Waals surface area contributed by atoms with Crippen LogP contribution in [0.1, 0.15) is 25.7 Å². The van der Waals surface area contributed by atoms with Gasteiger partial charge < -0.3 is 14.8 Å². The first-order valence-electron chi connectivity index (χ1n) is 9.15. The highest BCUT2D eigenvalue weighted by molar-refractivity contribution is 7.89. The van der Waals surface area contributed by atoms with Crippen LogP contribution in [0.15, 0.2) is 23.1 Å². The summed E-state index contributed by atoms with van der Waals surface area (Å²) in [6, 6.07) is 4.43. The molecule has 0 bridgehead atoms. The Balaban J connectivity index is 1.56. The second kappa shape index (κ2) is 8.77. The Morgan fingerprint density at radius 3 is 2.67 bits per heavy atom. The quantitative estimate of drug-likeness (QED) is 0.767. The summed E-state index contributed by atoms with van der Waals surface area (Å²) in [7, 11) is -2.17. The van der Waals surface area contributed by atoms with Crippen molar-refractivity contribution >= 4 is 27.5 Å². The van der Waals surface area contributed by atoms with Gasteiger partial charge >= 0.3 is 0 Å². The van der Waals surface area contributed by atoms with Gasteiger partial charge in [-0.05, 0) is 43.9 Å². The second-order valence-corrected chi connectivity index (χ2v) is 9.20. The van der Waals surface area contributed by atoms with Crippen LogP contribution in [-0.2, 0) is 19.6 Å². The van der Waals surface area contributed by atoms with Gasteiger partial charge in [0.15, 0.2) is 0 Å². The largest absolute Gasteiger partial charge is 0.495 e. The van der Waals surface area contributed by atoms with E-state index in [0.717, 1.165) is 19.4 Å². The number of piperidine rings is 1. The van der Waals surface area contributed by atoms with Gasteiger partial charge in [-0.1, -0.05) is 11.6 Å². The molecular weight excluding hydrogens is 392 g/mol. The smallest absolute Gasteiger partial charge is 0.243 e. The Labute approximate surface area is 165 Å². The standard InChI is InChI=1S/C18H25ClN2O5S/c1-25-17-5-4-15(11-16(17)19)27(23,24)21-8-6-13(7-9-21)18(22)20-12-14-3-2-10-26-14/h4-5,11,13-14H,2-3,6-10,12H2,1H3,(H,20,22)/t14-/m0/s1. The van der Waals surface area contributed by atoms with Crippen molar-refractivity contribution in [1.29, 1.82) is 0 Å². The summed E-state index contributed by atoms with van der Waals surface area (Å²) in [6.07, 6.45) is 3.11. The van der Waals surface area contributed by atoms with Crippen molar-refractivity contribution in [2.75, 3.05) is 33.4 Å². The van der Waals surface area contributed by atoms with Crippen molar-refractivity contribution in [2.24, 2.45) is 5.92 Å². The molecule has 0 saturated carbocycles. The van der Waals surface area contributed by atoms with Gasteiger partial charge in [-0.3, -0.25) is 4.79 Å². The fourth-order valence-corrected chi connectivity index (χ4v) is 5.30. The van der Waals surface area contributed by atoms with Crippen molar-refractivity contribution < 1.29 is 22.7 Å². The van der Waals surface area contributed by atoms with Gasteiger partial charge in [-0.2, -0.15) is 4.31 Å². The normalized spacial score (nSPS) is 21.9. The SMILES string of the molecule is COc1ccc(S(=O)(=O)N2CCC(C(=O)NC[C@@H]3CCCO3)CC2)cc1Cl. The predicted octanol–water partition coefficient (Wildman–Crippen LogP) is 2.04. The Bertz CT molecular complexity index is 772. The summed E-state index contributed by atoms with van der Waals surface area (Å²) < 4.78 is 37.6. The third kappa shape index (κ3) is 4.74. The second-order valence-electron chi connectivity index (χ2n) is 6.85. The van der Waals surface area contributed by atoms with Crippen LogP contribution in [0.4, 0.5) is 0 Å². The number of benzene rings is 1. The maximum atomic E-state index is 12.8. The monoisotopic (exact) mass is 416 g/mol. The molecule has 1 aromatic carbocycles. The predicted molar refractivity (Wildman–Crippen MR) is 101 cm³/mol. The highest BCUT2D eigenvalue weighted by atomic mass is 35.5. The van der Waals surface area contributed by atoms with E-state index in [1.807, 2.05) is 0 Å². The first-order valence-corrected chi connectivity index (χ1v) is 11.0. The molecule has 150 valence electrons. The lowest BCUT2D eigenvalue weighted by molar-refractivity contribution is -0.126. The molecule has 0 radical (unpaired) electrons. The minimum atomic E-state index is -3.64. The zero-order chi connectivity index (χ0) is 19.4. The highest BCUT2D eigenvalue weighted by Gasteiger charge is 2.32. The summed E-state index contributed by atoms with van der Waals surface area (Å²) in [6.45, 7) is 1.90. The molecule has 2 heterocycles. The summed E-state index contributed by atoms with van der Waals surface area (Å²) in [5, 5.41) is 3.19. The van der Waals surface area contributed by atoms with Crippen molar-refractivity contribution in [2.45, 2.75) is 36.7 Å². The Hall–Kier alpha value is -1.35. The number of amides is 1. The summed E-state index contributed by atoms with van der Waals surface area (Å²) in [4.78, 5) is 12.5. The van der Waals surface area contributed by atoms with Gasteiger partial charge in [0.1, 0.15) is 5.75 Å². The zero-order valence-electron chi connectivity index (χ0n) is 15.3. The van der Waals surface area contributed by atoms with Crippen LogP contribution < -0.4 is 10.1 Å². The molecule has 0 unspecified atom stereocenters. The number of methoxy groups -OCH3 is 1. The van der Waals surface area contributed by atoms with Gasteiger partial charge in [0, 0.05) is 32.2 Å². The van der Waals surface area contributed by atoms with Crippen molar-refractivity contribution in [1.82, 2.24) is 9.62 Å². The van der Waals surface area contributed by atoms with Crippen LogP contribution in [0.3, 0.4) is 0 Å². The van der Waals surface area contributed by atoms with E-state index in [1.165, 1.54) is 23.5 Å². The number of nitrogens with one attached hydrogen (secondary N) is 1. The van der Waals surface area contributed by atoms with Gasteiger partial charge in [0.25, 0.3) is 0 Å². The molecule has 1 atom stereocenters. The van der Waals surface area contributed by atoms with E-state index in [2.05, 4.69) is 5.32 Å². The molecule has 2 aliphatic rings. The number of hydrogen-bond donors (Lipinski definition) is 1. The van der Waals surface area contributed by atoms with E-state index >= 15 is 0 Å². The molecule has 0 spiro atoms. The van der Waals surface area contributed by atoms with Crippen molar-refractivity contribution in [3.05, 3.63) is 23.2 Å². The summed E-state index contributed by atoms with van der Waals surface area (Å²) >= 11 is 6.06. The molecule has 1 aromatic rings. The molecule has 3 rings (SSSR count). The molecule has 7 nitrogen and oxygen atoms in total. The van der Waals surface area contributed by atoms with Crippen LogP contribution in [0.5, 0.6) is 5.75 Å². The molecule has 27 heavy (non-hydrogen) atoms. The molecule has 2 saturated heterocycles. The number of carbonyl (C=O) groups is 1. The minimum absolute atomic E-state index is 0.0185. The van der Waals surface area contributed by atoms with E-state index in [-0.39, 0.29) is 27.8 Å².